The SMILES string of the molecule is Clc1ccc(N=C2C=NNC2)cn1. The van der Waals surface area contributed by atoms with Gasteiger partial charge in [-0.3, -0.25) is 0 Å². The highest BCUT2D eigenvalue weighted by molar-refractivity contribution is 6.33. The molecule has 1 aromatic rings. The van der Waals surface area contributed by atoms with E-state index in [2.05, 4.69) is 20.5 Å². The molecule has 1 N–H and O–H groups in total. The largest absolute Gasteiger partial charge is 0.304 e. The van der Waals surface area contributed by atoms with Crippen LogP contribution >= 0.6 is 11.6 Å². The molecule has 0 aliphatic carbocycles. The number of hydrogen-bond acceptors (Lipinski definition) is 4. The first-order valence-electron chi connectivity index (χ1n) is 3.79. The van der Waals surface area contributed by atoms with E-state index in [1.165, 1.54) is 0 Å². The van der Waals surface area contributed by atoms with Gasteiger partial charge in [0, 0.05) is 0 Å². The summed E-state index contributed by atoms with van der Waals surface area (Å²) >= 11 is 5.63. The highest BCUT2D eigenvalue weighted by Gasteiger charge is 2.01. The summed E-state index contributed by atoms with van der Waals surface area (Å²) < 4.78 is 0. The van der Waals surface area contributed by atoms with Crippen molar-refractivity contribution in [3.8, 4) is 0 Å². The summed E-state index contributed by atoms with van der Waals surface area (Å²) in [7, 11) is 0. The monoisotopic (exact) mass is 194 g/mol. The molecule has 0 saturated carbocycles. The fraction of sp³-hybridized carbons (Fsp3) is 0.125. The second-order valence-electron chi connectivity index (χ2n) is 2.54. The van der Waals surface area contributed by atoms with Gasteiger partial charge in [0.15, 0.2) is 0 Å². The van der Waals surface area contributed by atoms with Crippen LogP contribution in [0.3, 0.4) is 0 Å². The average molecular weight is 195 g/mol. The van der Waals surface area contributed by atoms with Gasteiger partial charge in [0.1, 0.15) is 5.15 Å². The third-order valence-corrected chi connectivity index (χ3v) is 1.77. The average Bonchev–Trinajstić information content (AvgIpc) is 2.62. The topological polar surface area (TPSA) is 49.6 Å². The number of hydrogen-bond donors (Lipinski definition) is 1. The second kappa shape index (κ2) is 3.53. The number of nitrogens with zero attached hydrogens (tertiary/aromatic N) is 3. The van der Waals surface area contributed by atoms with E-state index < -0.39 is 0 Å². The fourth-order valence-corrected chi connectivity index (χ4v) is 1.07. The lowest BCUT2D eigenvalue weighted by molar-refractivity contribution is 0.880. The molecule has 0 fully saturated rings. The molecular weight excluding hydrogens is 188 g/mol. The maximum Gasteiger partial charge on any atom is 0.129 e. The zero-order chi connectivity index (χ0) is 9.10. The molecule has 2 heterocycles. The van der Waals surface area contributed by atoms with Gasteiger partial charge in [-0.1, -0.05) is 11.6 Å². The quantitative estimate of drug-likeness (QED) is 0.687. The summed E-state index contributed by atoms with van der Waals surface area (Å²) in [5.74, 6) is 0. The number of pyridine rings is 1. The zero-order valence-corrected chi connectivity index (χ0v) is 7.49. The van der Waals surface area contributed by atoms with Crippen LogP contribution in [-0.4, -0.2) is 23.5 Å². The van der Waals surface area contributed by atoms with Crippen molar-refractivity contribution in [1.29, 1.82) is 0 Å². The molecular formula is C8H7ClN4. The van der Waals surface area contributed by atoms with Gasteiger partial charge in [-0.15, -0.1) is 0 Å². The van der Waals surface area contributed by atoms with Gasteiger partial charge in [0.2, 0.25) is 0 Å². The summed E-state index contributed by atoms with van der Waals surface area (Å²) in [6.45, 7) is 0.669. The van der Waals surface area contributed by atoms with Crippen LogP contribution in [0.2, 0.25) is 5.15 Å². The van der Waals surface area contributed by atoms with Crippen LogP contribution in [0.25, 0.3) is 0 Å². The summed E-state index contributed by atoms with van der Waals surface area (Å²) in [5.41, 5.74) is 4.48. The molecule has 0 bridgehead atoms. The lowest BCUT2D eigenvalue weighted by atomic mass is 10.4. The first-order chi connectivity index (χ1) is 6.34. The van der Waals surface area contributed by atoms with Gasteiger partial charge in [-0.05, 0) is 12.1 Å². The summed E-state index contributed by atoms with van der Waals surface area (Å²) in [6, 6.07) is 3.52. The molecule has 66 valence electrons. The summed E-state index contributed by atoms with van der Waals surface area (Å²) in [4.78, 5) is 8.20. The van der Waals surface area contributed by atoms with E-state index in [4.69, 9.17) is 11.6 Å². The Morgan fingerprint density at radius 2 is 2.38 bits per heavy atom. The Labute approximate surface area is 80.4 Å². The van der Waals surface area contributed by atoms with E-state index in [-0.39, 0.29) is 0 Å². The Hall–Kier alpha value is -1.42. The standard InChI is InChI=1S/C8H7ClN4/c9-8-2-1-6(3-10-8)13-7-4-11-12-5-7/h1-4,12H,5H2. The number of aromatic nitrogens is 1. The van der Waals surface area contributed by atoms with Crippen LogP contribution in [0.4, 0.5) is 5.69 Å². The highest BCUT2D eigenvalue weighted by atomic mass is 35.5. The van der Waals surface area contributed by atoms with E-state index in [1.807, 2.05) is 6.07 Å². The summed E-state index contributed by atoms with van der Waals surface area (Å²) in [6.07, 6.45) is 3.32. The number of hydrazone groups is 1. The van der Waals surface area contributed by atoms with E-state index in [1.54, 1.807) is 18.5 Å². The van der Waals surface area contributed by atoms with E-state index in [9.17, 15) is 0 Å². The highest BCUT2D eigenvalue weighted by Crippen LogP contribution is 2.13. The molecule has 5 heteroatoms. The van der Waals surface area contributed by atoms with E-state index in [0.29, 0.717) is 11.7 Å². The van der Waals surface area contributed by atoms with Crippen LogP contribution in [0.15, 0.2) is 28.4 Å². The van der Waals surface area contributed by atoms with Crippen molar-refractivity contribution in [3.63, 3.8) is 0 Å². The predicted octanol–water partition coefficient (Wildman–Crippen LogP) is 1.40. The normalized spacial score (nSPS) is 17.8. The van der Waals surface area contributed by atoms with Crippen molar-refractivity contribution in [2.75, 3.05) is 6.54 Å². The molecule has 13 heavy (non-hydrogen) atoms. The van der Waals surface area contributed by atoms with Crippen LogP contribution in [-0.2, 0) is 0 Å². The van der Waals surface area contributed by atoms with Crippen molar-refractivity contribution < 1.29 is 0 Å². The molecule has 1 aromatic heterocycles. The molecule has 0 unspecified atom stereocenters. The zero-order valence-electron chi connectivity index (χ0n) is 6.74. The van der Waals surface area contributed by atoms with Crippen molar-refractivity contribution in [2.45, 2.75) is 0 Å². The van der Waals surface area contributed by atoms with Gasteiger partial charge >= 0.3 is 0 Å². The smallest absolute Gasteiger partial charge is 0.129 e. The minimum atomic E-state index is 0.474. The van der Waals surface area contributed by atoms with Crippen LogP contribution in [0.1, 0.15) is 0 Å². The van der Waals surface area contributed by atoms with Gasteiger partial charge in [-0.2, -0.15) is 5.10 Å². The number of halogens is 1. The first-order valence-corrected chi connectivity index (χ1v) is 4.17. The number of rotatable bonds is 1. The van der Waals surface area contributed by atoms with E-state index >= 15 is 0 Å². The van der Waals surface area contributed by atoms with Crippen molar-refractivity contribution in [2.24, 2.45) is 10.1 Å². The molecule has 4 nitrogen and oxygen atoms in total. The molecule has 1 aliphatic heterocycles. The lowest BCUT2D eigenvalue weighted by Crippen LogP contribution is -2.08. The fourth-order valence-electron chi connectivity index (χ4n) is 0.961. The number of nitrogens with one attached hydrogen (secondary N) is 1. The van der Waals surface area contributed by atoms with Gasteiger partial charge in [-0.25, -0.2) is 9.98 Å². The van der Waals surface area contributed by atoms with Gasteiger partial charge in [0.25, 0.3) is 0 Å². The predicted molar refractivity (Wildman–Crippen MR) is 52.8 cm³/mol. The van der Waals surface area contributed by atoms with Crippen LogP contribution < -0.4 is 5.43 Å². The maximum absolute atomic E-state index is 5.63. The van der Waals surface area contributed by atoms with E-state index in [0.717, 1.165) is 11.4 Å². The third-order valence-electron chi connectivity index (χ3n) is 1.55. The first kappa shape index (κ1) is 8.19. The molecule has 2 rings (SSSR count). The van der Waals surface area contributed by atoms with Crippen molar-refractivity contribution in [3.05, 3.63) is 23.5 Å². The Kier molecular flexibility index (Phi) is 2.23. The van der Waals surface area contributed by atoms with Gasteiger partial charge in [0.05, 0.1) is 30.4 Å². The maximum atomic E-state index is 5.63. The molecule has 0 atom stereocenters. The minimum absolute atomic E-state index is 0.474. The van der Waals surface area contributed by atoms with Crippen LogP contribution in [0.5, 0.6) is 0 Å². The minimum Gasteiger partial charge on any atom is -0.304 e. The van der Waals surface area contributed by atoms with Crippen molar-refractivity contribution in [1.82, 2.24) is 10.4 Å². The Bertz CT molecular complexity index is 355. The molecule has 0 saturated heterocycles. The third kappa shape index (κ3) is 2.03. The van der Waals surface area contributed by atoms with Crippen LogP contribution in [0, 0.1) is 0 Å². The van der Waals surface area contributed by atoms with Crippen molar-refractivity contribution >= 4 is 29.2 Å². The molecule has 0 spiro atoms. The molecule has 1 aliphatic rings. The Balaban J connectivity index is 2.22. The lowest BCUT2D eigenvalue weighted by Gasteiger charge is -1.94. The molecule has 0 amide bonds. The number of aliphatic imine (C=N–C) groups is 1. The Morgan fingerprint density at radius 3 is 3.00 bits per heavy atom. The second-order valence-corrected chi connectivity index (χ2v) is 2.92. The van der Waals surface area contributed by atoms with Gasteiger partial charge < -0.3 is 5.43 Å². The summed E-state index contributed by atoms with van der Waals surface area (Å²) in [5, 5.41) is 4.30. The Morgan fingerprint density at radius 1 is 1.46 bits per heavy atom. The molecule has 0 radical (unpaired) electrons. The molecule has 0 aromatic carbocycles.